The fourth-order valence-corrected chi connectivity index (χ4v) is 2.08. The van der Waals surface area contributed by atoms with Gasteiger partial charge in [0.05, 0.1) is 0 Å². The maximum Gasteiger partial charge on any atom is 0.126 e. The Morgan fingerprint density at radius 3 is 2.33 bits per heavy atom. The van der Waals surface area contributed by atoms with Crippen LogP contribution < -0.4 is 11.3 Å². The molecule has 0 saturated heterocycles. The highest BCUT2D eigenvalue weighted by Gasteiger charge is 2.09. The zero-order chi connectivity index (χ0) is 13.4. The molecule has 0 radical (unpaired) electrons. The van der Waals surface area contributed by atoms with Gasteiger partial charge in [-0.05, 0) is 30.5 Å². The number of nitrogens with one attached hydrogen (secondary N) is 1. The number of rotatable bonds is 8. The average molecular weight is 256 g/mol. The van der Waals surface area contributed by atoms with Gasteiger partial charge in [-0.15, -0.1) is 0 Å². The first-order valence-electron chi connectivity index (χ1n) is 6.56. The van der Waals surface area contributed by atoms with Crippen LogP contribution >= 0.6 is 0 Å². The highest BCUT2D eigenvalue weighted by atomic mass is 19.1. The summed E-state index contributed by atoms with van der Waals surface area (Å²) >= 11 is 0. The van der Waals surface area contributed by atoms with Crippen molar-refractivity contribution in [3.05, 3.63) is 35.4 Å². The standard InChI is InChI=1S/C14H22F2N2/c1-2-3-4-5-6-14(18-17)9-11-7-12(15)10-13(16)8-11/h7-8,10,14,18H,2-6,9,17H2,1H3. The maximum absolute atomic E-state index is 13.0. The molecule has 1 rings (SSSR count). The second kappa shape index (κ2) is 8.16. The van der Waals surface area contributed by atoms with Gasteiger partial charge in [-0.1, -0.05) is 32.6 Å². The molecule has 0 spiro atoms. The minimum absolute atomic E-state index is 0.0723. The Morgan fingerprint density at radius 1 is 1.11 bits per heavy atom. The largest absolute Gasteiger partial charge is 0.271 e. The molecule has 3 N–H and O–H groups in total. The number of hydrogen-bond donors (Lipinski definition) is 2. The Bertz CT molecular complexity index is 335. The number of unbranched alkanes of at least 4 members (excludes halogenated alkanes) is 3. The van der Waals surface area contributed by atoms with Crippen LogP contribution in [0.5, 0.6) is 0 Å². The number of nitrogens with two attached hydrogens (primary N) is 1. The van der Waals surface area contributed by atoms with Crippen molar-refractivity contribution in [3.63, 3.8) is 0 Å². The lowest BCUT2D eigenvalue weighted by Gasteiger charge is -2.15. The van der Waals surface area contributed by atoms with Crippen LogP contribution in [0, 0.1) is 11.6 Å². The number of halogens is 2. The van der Waals surface area contributed by atoms with E-state index in [1.54, 1.807) is 0 Å². The summed E-state index contributed by atoms with van der Waals surface area (Å²) in [6.45, 7) is 2.16. The van der Waals surface area contributed by atoms with Gasteiger partial charge in [-0.25, -0.2) is 8.78 Å². The molecule has 0 bridgehead atoms. The molecule has 0 aliphatic carbocycles. The molecular formula is C14H22F2N2. The van der Waals surface area contributed by atoms with Crippen molar-refractivity contribution < 1.29 is 8.78 Å². The molecule has 0 saturated carbocycles. The van der Waals surface area contributed by atoms with E-state index in [-0.39, 0.29) is 6.04 Å². The van der Waals surface area contributed by atoms with E-state index in [0.29, 0.717) is 12.0 Å². The topological polar surface area (TPSA) is 38.0 Å². The van der Waals surface area contributed by atoms with Crippen LogP contribution in [0.2, 0.25) is 0 Å². The molecule has 0 aliphatic heterocycles. The highest BCUT2D eigenvalue weighted by Crippen LogP contribution is 2.13. The van der Waals surface area contributed by atoms with Gasteiger partial charge in [-0.3, -0.25) is 11.3 Å². The van der Waals surface area contributed by atoms with E-state index in [9.17, 15) is 8.78 Å². The van der Waals surface area contributed by atoms with Gasteiger partial charge in [0, 0.05) is 12.1 Å². The van der Waals surface area contributed by atoms with Crippen LogP contribution in [0.3, 0.4) is 0 Å². The lowest BCUT2D eigenvalue weighted by Crippen LogP contribution is -2.36. The maximum atomic E-state index is 13.0. The molecule has 1 atom stereocenters. The first-order chi connectivity index (χ1) is 8.65. The van der Waals surface area contributed by atoms with Gasteiger partial charge in [0.25, 0.3) is 0 Å². The van der Waals surface area contributed by atoms with Crippen LogP contribution in [0.25, 0.3) is 0 Å². The quantitative estimate of drug-likeness (QED) is 0.425. The summed E-state index contributed by atoms with van der Waals surface area (Å²) in [6, 6.07) is 3.68. The van der Waals surface area contributed by atoms with Crippen LogP contribution in [-0.2, 0) is 6.42 Å². The predicted octanol–water partition coefficient (Wildman–Crippen LogP) is 3.31. The third-order valence-corrected chi connectivity index (χ3v) is 3.05. The molecule has 1 unspecified atom stereocenters. The van der Waals surface area contributed by atoms with Crippen LogP contribution in [-0.4, -0.2) is 6.04 Å². The zero-order valence-electron chi connectivity index (χ0n) is 10.9. The Hall–Kier alpha value is -1.00. The van der Waals surface area contributed by atoms with E-state index in [1.807, 2.05) is 0 Å². The predicted molar refractivity (Wildman–Crippen MR) is 69.9 cm³/mol. The lowest BCUT2D eigenvalue weighted by atomic mass is 10.0. The summed E-state index contributed by atoms with van der Waals surface area (Å²) in [4.78, 5) is 0. The summed E-state index contributed by atoms with van der Waals surface area (Å²) < 4.78 is 26.1. The molecular weight excluding hydrogens is 234 g/mol. The van der Waals surface area contributed by atoms with E-state index in [1.165, 1.54) is 31.4 Å². The minimum Gasteiger partial charge on any atom is -0.271 e. The third kappa shape index (κ3) is 5.56. The second-order valence-corrected chi connectivity index (χ2v) is 4.69. The molecule has 1 aromatic carbocycles. The highest BCUT2D eigenvalue weighted by molar-refractivity contribution is 5.18. The SMILES string of the molecule is CCCCCCC(Cc1cc(F)cc(F)c1)NN. The number of hydrogen-bond acceptors (Lipinski definition) is 2. The first kappa shape index (κ1) is 15.1. The van der Waals surface area contributed by atoms with Crippen molar-refractivity contribution in [2.75, 3.05) is 0 Å². The Morgan fingerprint density at radius 2 is 1.78 bits per heavy atom. The van der Waals surface area contributed by atoms with Gasteiger partial charge in [0.2, 0.25) is 0 Å². The van der Waals surface area contributed by atoms with E-state index < -0.39 is 11.6 Å². The van der Waals surface area contributed by atoms with E-state index in [4.69, 9.17) is 5.84 Å². The van der Waals surface area contributed by atoms with E-state index in [2.05, 4.69) is 12.3 Å². The second-order valence-electron chi connectivity index (χ2n) is 4.69. The van der Waals surface area contributed by atoms with Crippen molar-refractivity contribution in [2.45, 2.75) is 51.5 Å². The first-order valence-corrected chi connectivity index (χ1v) is 6.56. The summed E-state index contributed by atoms with van der Waals surface area (Å²) in [7, 11) is 0. The summed E-state index contributed by atoms with van der Waals surface area (Å²) in [6.07, 6.45) is 6.14. The molecule has 4 heteroatoms. The molecule has 102 valence electrons. The Labute approximate surface area is 108 Å². The summed E-state index contributed by atoms with van der Waals surface area (Å²) in [5.74, 6) is 4.40. The molecule has 0 fully saturated rings. The van der Waals surface area contributed by atoms with Gasteiger partial charge >= 0.3 is 0 Å². The van der Waals surface area contributed by atoms with Gasteiger partial charge in [-0.2, -0.15) is 0 Å². The molecule has 0 amide bonds. The molecule has 18 heavy (non-hydrogen) atoms. The van der Waals surface area contributed by atoms with Gasteiger partial charge < -0.3 is 0 Å². The third-order valence-electron chi connectivity index (χ3n) is 3.05. The van der Waals surface area contributed by atoms with Crippen molar-refractivity contribution in [1.29, 1.82) is 0 Å². The van der Waals surface area contributed by atoms with Crippen LogP contribution in [0.15, 0.2) is 18.2 Å². The summed E-state index contributed by atoms with van der Waals surface area (Å²) in [5, 5.41) is 0. The van der Waals surface area contributed by atoms with E-state index >= 15 is 0 Å². The minimum atomic E-state index is -0.535. The van der Waals surface area contributed by atoms with Crippen molar-refractivity contribution >= 4 is 0 Å². The van der Waals surface area contributed by atoms with Crippen molar-refractivity contribution in [2.24, 2.45) is 5.84 Å². The smallest absolute Gasteiger partial charge is 0.126 e. The number of hydrazine groups is 1. The normalized spacial score (nSPS) is 12.7. The molecule has 2 nitrogen and oxygen atoms in total. The molecule has 0 heterocycles. The van der Waals surface area contributed by atoms with Crippen LogP contribution in [0.4, 0.5) is 8.78 Å². The fraction of sp³-hybridized carbons (Fsp3) is 0.571. The molecule has 1 aromatic rings. The van der Waals surface area contributed by atoms with Crippen LogP contribution in [0.1, 0.15) is 44.6 Å². The lowest BCUT2D eigenvalue weighted by molar-refractivity contribution is 0.461. The van der Waals surface area contributed by atoms with Gasteiger partial charge in [0.1, 0.15) is 11.6 Å². The molecule has 0 aromatic heterocycles. The monoisotopic (exact) mass is 256 g/mol. The zero-order valence-corrected chi connectivity index (χ0v) is 10.9. The summed E-state index contributed by atoms with van der Waals surface area (Å²) in [5.41, 5.74) is 3.37. The Balaban J connectivity index is 2.46. The fourth-order valence-electron chi connectivity index (χ4n) is 2.08. The van der Waals surface area contributed by atoms with E-state index in [0.717, 1.165) is 18.9 Å². The van der Waals surface area contributed by atoms with Crippen molar-refractivity contribution in [1.82, 2.24) is 5.43 Å². The van der Waals surface area contributed by atoms with Crippen molar-refractivity contribution in [3.8, 4) is 0 Å². The van der Waals surface area contributed by atoms with Gasteiger partial charge in [0.15, 0.2) is 0 Å². The average Bonchev–Trinajstić information content (AvgIpc) is 2.32. The molecule has 0 aliphatic rings. The number of benzene rings is 1. The Kier molecular flexibility index (Phi) is 6.83.